The number of nitrogens with zero attached hydrogens (tertiary/aromatic N) is 1. The van der Waals surface area contributed by atoms with Crippen LogP contribution in [0.15, 0.2) is 0 Å². The molecule has 1 heterocycles. The molecule has 0 aromatic rings. The van der Waals surface area contributed by atoms with Gasteiger partial charge >= 0.3 is 0 Å². The largest absolute Gasteiger partial charge is 0.317 e. The molecule has 2 fully saturated rings. The number of piperidine rings is 1. The highest BCUT2D eigenvalue weighted by Crippen LogP contribution is 2.30. The van der Waals surface area contributed by atoms with Gasteiger partial charge in [0.2, 0.25) is 0 Å². The van der Waals surface area contributed by atoms with Crippen LogP contribution in [-0.2, 0) is 0 Å². The van der Waals surface area contributed by atoms with E-state index in [1.807, 2.05) is 0 Å². The van der Waals surface area contributed by atoms with Crippen molar-refractivity contribution in [1.29, 1.82) is 0 Å². The molecule has 0 aromatic carbocycles. The topological polar surface area (TPSA) is 15.3 Å². The Kier molecular flexibility index (Phi) is 5.30. The molecular weight excluding hydrogens is 208 g/mol. The zero-order chi connectivity index (χ0) is 12.1. The second-order valence-electron chi connectivity index (χ2n) is 6.37. The summed E-state index contributed by atoms with van der Waals surface area (Å²) in [6, 6.07) is 0.739. The van der Waals surface area contributed by atoms with Crippen molar-refractivity contribution in [3.05, 3.63) is 0 Å². The highest BCUT2D eigenvalue weighted by molar-refractivity contribution is 4.79. The minimum atomic E-state index is 0.739. The van der Waals surface area contributed by atoms with E-state index in [1.165, 1.54) is 64.7 Å². The third kappa shape index (κ3) is 4.97. The molecule has 2 nitrogen and oxygen atoms in total. The smallest absolute Gasteiger partial charge is 0.00387 e. The molecule has 1 saturated heterocycles. The van der Waals surface area contributed by atoms with Crippen LogP contribution in [0.3, 0.4) is 0 Å². The fourth-order valence-corrected chi connectivity index (χ4v) is 2.95. The highest BCUT2D eigenvalue weighted by atomic mass is 15.1. The molecule has 0 atom stereocenters. The molecule has 1 N–H and O–H groups in total. The third-order valence-electron chi connectivity index (χ3n) is 4.44. The molecule has 1 saturated carbocycles. The van der Waals surface area contributed by atoms with Gasteiger partial charge in [-0.1, -0.05) is 0 Å². The molecule has 0 unspecified atom stereocenters. The Labute approximate surface area is 107 Å². The lowest BCUT2D eigenvalue weighted by atomic mass is 9.93. The first kappa shape index (κ1) is 13.4. The Hall–Kier alpha value is -0.0800. The van der Waals surface area contributed by atoms with Gasteiger partial charge in [-0.15, -0.1) is 0 Å². The summed E-state index contributed by atoms with van der Waals surface area (Å²) in [6.07, 6.45) is 8.65. The summed E-state index contributed by atoms with van der Waals surface area (Å²) in [5.74, 6) is 2.04. The normalized spacial score (nSPS) is 22.6. The van der Waals surface area contributed by atoms with E-state index in [-0.39, 0.29) is 0 Å². The van der Waals surface area contributed by atoms with E-state index in [4.69, 9.17) is 0 Å². The van der Waals surface area contributed by atoms with Gasteiger partial charge in [-0.3, -0.25) is 0 Å². The van der Waals surface area contributed by atoms with Gasteiger partial charge in [0.25, 0.3) is 0 Å². The van der Waals surface area contributed by atoms with Gasteiger partial charge in [0.1, 0.15) is 0 Å². The van der Waals surface area contributed by atoms with Crippen LogP contribution in [0.4, 0.5) is 0 Å². The molecule has 0 spiro atoms. The predicted octanol–water partition coefficient (Wildman–Crippen LogP) is 2.89. The molecule has 1 aliphatic carbocycles. The Morgan fingerprint density at radius 1 is 1.06 bits per heavy atom. The van der Waals surface area contributed by atoms with Crippen molar-refractivity contribution in [2.45, 2.75) is 58.4 Å². The monoisotopic (exact) mass is 238 g/mol. The molecule has 0 amide bonds. The molecule has 100 valence electrons. The molecule has 1 aliphatic heterocycles. The fourth-order valence-electron chi connectivity index (χ4n) is 2.95. The minimum absolute atomic E-state index is 0.739. The van der Waals surface area contributed by atoms with Gasteiger partial charge in [0.05, 0.1) is 0 Å². The van der Waals surface area contributed by atoms with Gasteiger partial charge in [-0.25, -0.2) is 0 Å². The summed E-state index contributed by atoms with van der Waals surface area (Å²) in [5, 5.41) is 3.46. The van der Waals surface area contributed by atoms with Gasteiger partial charge in [-0.2, -0.15) is 0 Å². The quantitative estimate of drug-likeness (QED) is 0.733. The maximum absolute atomic E-state index is 3.46. The first-order chi connectivity index (χ1) is 8.25. The van der Waals surface area contributed by atoms with E-state index in [2.05, 4.69) is 24.1 Å². The van der Waals surface area contributed by atoms with Crippen molar-refractivity contribution in [1.82, 2.24) is 10.2 Å². The average molecular weight is 238 g/mol. The first-order valence-corrected chi connectivity index (χ1v) is 7.70. The highest BCUT2D eigenvalue weighted by Gasteiger charge is 2.25. The van der Waals surface area contributed by atoms with Crippen molar-refractivity contribution in [2.75, 3.05) is 26.2 Å². The third-order valence-corrected chi connectivity index (χ3v) is 4.44. The van der Waals surface area contributed by atoms with Crippen molar-refractivity contribution >= 4 is 0 Å². The van der Waals surface area contributed by atoms with E-state index in [1.54, 1.807) is 0 Å². The maximum Gasteiger partial charge on any atom is 0.00387 e. The molecule has 2 aliphatic rings. The van der Waals surface area contributed by atoms with Crippen LogP contribution in [0.5, 0.6) is 0 Å². The molecular formula is C15H30N2. The maximum atomic E-state index is 3.46. The van der Waals surface area contributed by atoms with E-state index in [9.17, 15) is 0 Å². The van der Waals surface area contributed by atoms with Gasteiger partial charge < -0.3 is 10.2 Å². The van der Waals surface area contributed by atoms with Crippen LogP contribution in [0, 0.1) is 11.8 Å². The summed E-state index contributed by atoms with van der Waals surface area (Å²) < 4.78 is 0. The van der Waals surface area contributed by atoms with Crippen LogP contribution < -0.4 is 5.32 Å². The Morgan fingerprint density at radius 3 is 2.35 bits per heavy atom. The Balaban J connectivity index is 1.60. The second-order valence-corrected chi connectivity index (χ2v) is 6.37. The van der Waals surface area contributed by atoms with Crippen molar-refractivity contribution in [3.63, 3.8) is 0 Å². The lowest BCUT2D eigenvalue weighted by Gasteiger charge is -2.28. The Bertz CT molecular complexity index is 205. The van der Waals surface area contributed by atoms with Crippen LogP contribution in [0.2, 0.25) is 0 Å². The summed E-state index contributed by atoms with van der Waals surface area (Å²) >= 11 is 0. The first-order valence-electron chi connectivity index (χ1n) is 7.70. The van der Waals surface area contributed by atoms with Crippen LogP contribution in [0.25, 0.3) is 0 Å². The summed E-state index contributed by atoms with van der Waals surface area (Å²) in [7, 11) is 0. The standard InChI is InChI=1S/C15H30N2/c1-13(2)17(12-15-5-6-15)11-3-4-14-7-9-16-10-8-14/h13-16H,3-12H2,1-2H3. The number of hydrogen-bond acceptors (Lipinski definition) is 2. The van der Waals surface area contributed by atoms with Crippen LogP contribution in [0.1, 0.15) is 52.4 Å². The van der Waals surface area contributed by atoms with E-state index < -0.39 is 0 Å². The SMILES string of the molecule is CC(C)N(CCCC1CCNCC1)CC1CC1. The molecule has 2 heteroatoms. The summed E-state index contributed by atoms with van der Waals surface area (Å²) in [5.41, 5.74) is 0. The zero-order valence-corrected chi connectivity index (χ0v) is 11.8. The van der Waals surface area contributed by atoms with Crippen molar-refractivity contribution in [2.24, 2.45) is 11.8 Å². The van der Waals surface area contributed by atoms with Crippen molar-refractivity contribution in [3.8, 4) is 0 Å². The molecule has 17 heavy (non-hydrogen) atoms. The molecule has 2 rings (SSSR count). The molecule has 0 bridgehead atoms. The van der Waals surface area contributed by atoms with Gasteiger partial charge in [0.15, 0.2) is 0 Å². The minimum Gasteiger partial charge on any atom is -0.317 e. The Morgan fingerprint density at radius 2 is 1.76 bits per heavy atom. The van der Waals surface area contributed by atoms with E-state index in [0.29, 0.717) is 0 Å². The fraction of sp³-hybridized carbons (Fsp3) is 1.00. The summed E-state index contributed by atoms with van der Waals surface area (Å²) in [4.78, 5) is 2.71. The van der Waals surface area contributed by atoms with Crippen molar-refractivity contribution < 1.29 is 0 Å². The van der Waals surface area contributed by atoms with E-state index >= 15 is 0 Å². The van der Waals surface area contributed by atoms with E-state index in [0.717, 1.165) is 17.9 Å². The van der Waals surface area contributed by atoms with Crippen LogP contribution >= 0.6 is 0 Å². The predicted molar refractivity (Wildman–Crippen MR) is 74.3 cm³/mol. The number of hydrogen-bond donors (Lipinski definition) is 1. The lowest BCUT2D eigenvalue weighted by molar-refractivity contribution is 0.200. The van der Waals surface area contributed by atoms with Gasteiger partial charge in [-0.05, 0) is 83.8 Å². The van der Waals surface area contributed by atoms with Gasteiger partial charge in [0, 0.05) is 12.6 Å². The zero-order valence-electron chi connectivity index (χ0n) is 11.8. The molecule has 0 radical (unpaired) electrons. The summed E-state index contributed by atoms with van der Waals surface area (Å²) in [6.45, 7) is 9.91. The lowest BCUT2D eigenvalue weighted by Crippen LogP contribution is -2.34. The number of nitrogens with one attached hydrogen (secondary N) is 1. The molecule has 0 aromatic heterocycles. The number of rotatable bonds is 7. The second kappa shape index (κ2) is 6.75. The average Bonchev–Trinajstić information content (AvgIpc) is 3.13. The van der Waals surface area contributed by atoms with Crippen LogP contribution in [-0.4, -0.2) is 37.1 Å².